The second-order valence-corrected chi connectivity index (χ2v) is 8.12. The number of carbonyl (C=O) groups is 3. The molecule has 0 radical (unpaired) electrons. The summed E-state index contributed by atoms with van der Waals surface area (Å²) in [6.07, 6.45) is 0.536. The van der Waals surface area contributed by atoms with E-state index < -0.39 is 18.0 Å². The number of aliphatic carboxylic acids is 2. The van der Waals surface area contributed by atoms with Crippen LogP contribution in [0.3, 0.4) is 0 Å². The highest BCUT2D eigenvalue weighted by Crippen LogP contribution is 2.34. The van der Waals surface area contributed by atoms with Crippen molar-refractivity contribution in [2.24, 2.45) is 0 Å². The van der Waals surface area contributed by atoms with E-state index in [1.165, 1.54) is 11.8 Å². The van der Waals surface area contributed by atoms with Crippen molar-refractivity contribution in [3.05, 3.63) is 30.4 Å². The maximum absolute atomic E-state index is 11.4. The minimum absolute atomic E-state index is 0.000869. The molecule has 0 spiro atoms. The molecule has 1 aromatic rings. The number of fused-ring (bicyclic) bond motifs is 1. The summed E-state index contributed by atoms with van der Waals surface area (Å²) < 4.78 is 5.58. The molecule has 1 aliphatic heterocycles. The van der Waals surface area contributed by atoms with Crippen LogP contribution < -0.4 is 15.4 Å². The molecule has 9 nitrogen and oxygen atoms in total. The Hall–Kier alpha value is -2.56. The predicted molar refractivity (Wildman–Crippen MR) is 109 cm³/mol. The SMILES string of the molecule is CC(C)(C)NCC(O)COc1ccc2c(c1)NC(=O)CS2.O=C(O)/C=C/C(=O)O. The maximum atomic E-state index is 11.4. The second-order valence-electron chi connectivity index (χ2n) is 7.10. The molecule has 0 aliphatic carbocycles. The zero-order valence-electron chi connectivity index (χ0n) is 16.5. The van der Waals surface area contributed by atoms with Crippen molar-refractivity contribution in [1.29, 1.82) is 0 Å². The van der Waals surface area contributed by atoms with Gasteiger partial charge < -0.3 is 30.7 Å². The lowest BCUT2D eigenvalue weighted by Crippen LogP contribution is -2.42. The highest BCUT2D eigenvalue weighted by molar-refractivity contribution is 8.00. The van der Waals surface area contributed by atoms with E-state index in [2.05, 4.69) is 10.6 Å². The van der Waals surface area contributed by atoms with Gasteiger partial charge in [-0.1, -0.05) is 0 Å². The summed E-state index contributed by atoms with van der Waals surface area (Å²) in [5.74, 6) is -1.42. The van der Waals surface area contributed by atoms with Crippen LogP contribution in [0.15, 0.2) is 35.2 Å². The average Bonchev–Trinajstić information content (AvgIpc) is 2.62. The number of carboxylic acid groups (broad SMARTS) is 2. The Morgan fingerprint density at radius 3 is 2.45 bits per heavy atom. The van der Waals surface area contributed by atoms with Crippen LogP contribution in [0.5, 0.6) is 5.75 Å². The molecular formula is C19H26N2O7S. The first-order valence-corrected chi connectivity index (χ1v) is 9.71. The highest BCUT2D eigenvalue weighted by Gasteiger charge is 2.16. The van der Waals surface area contributed by atoms with Gasteiger partial charge >= 0.3 is 11.9 Å². The van der Waals surface area contributed by atoms with Gasteiger partial charge in [0.05, 0.1) is 11.4 Å². The molecule has 29 heavy (non-hydrogen) atoms. The topological polar surface area (TPSA) is 145 Å². The summed E-state index contributed by atoms with van der Waals surface area (Å²) >= 11 is 1.51. The van der Waals surface area contributed by atoms with Crippen LogP contribution in [0.4, 0.5) is 5.69 Å². The zero-order valence-corrected chi connectivity index (χ0v) is 17.3. The summed E-state index contributed by atoms with van der Waals surface area (Å²) in [5.41, 5.74) is 0.741. The molecule has 1 heterocycles. The van der Waals surface area contributed by atoms with Crippen molar-refractivity contribution in [1.82, 2.24) is 5.32 Å². The zero-order chi connectivity index (χ0) is 22.0. The monoisotopic (exact) mass is 426 g/mol. The van der Waals surface area contributed by atoms with E-state index in [1.54, 1.807) is 6.07 Å². The first kappa shape index (κ1) is 24.5. The van der Waals surface area contributed by atoms with Crippen molar-refractivity contribution in [2.45, 2.75) is 37.3 Å². The molecule has 1 amide bonds. The lowest BCUT2D eigenvalue weighted by Gasteiger charge is -2.23. The summed E-state index contributed by atoms with van der Waals surface area (Å²) in [6.45, 7) is 6.82. The number of β-amino-alcohol motifs (C(OH)–C–C–N with tert-alkyl or cyclic N) is 1. The fourth-order valence-electron chi connectivity index (χ4n) is 1.97. The van der Waals surface area contributed by atoms with Crippen LogP contribution in [0.25, 0.3) is 0 Å². The highest BCUT2D eigenvalue weighted by atomic mass is 32.2. The maximum Gasteiger partial charge on any atom is 0.328 e. The summed E-state index contributed by atoms with van der Waals surface area (Å²) in [5, 5.41) is 31.6. The molecule has 1 unspecified atom stereocenters. The van der Waals surface area contributed by atoms with Gasteiger partial charge in [-0.2, -0.15) is 0 Å². The number of thioether (sulfide) groups is 1. The number of aliphatic hydroxyl groups excluding tert-OH is 1. The number of rotatable bonds is 7. The first-order chi connectivity index (χ1) is 13.5. The largest absolute Gasteiger partial charge is 0.491 e. The lowest BCUT2D eigenvalue weighted by molar-refractivity contribution is -0.134. The summed E-state index contributed by atoms with van der Waals surface area (Å²) in [6, 6.07) is 5.57. The van der Waals surface area contributed by atoms with E-state index in [-0.39, 0.29) is 18.1 Å². The van der Waals surface area contributed by atoms with Gasteiger partial charge in [-0.3, -0.25) is 4.79 Å². The Balaban J connectivity index is 0.000000447. The first-order valence-electron chi connectivity index (χ1n) is 8.73. The van der Waals surface area contributed by atoms with Gasteiger partial charge in [-0.25, -0.2) is 9.59 Å². The van der Waals surface area contributed by atoms with Gasteiger partial charge in [0, 0.05) is 35.2 Å². The number of aliphatic hydroxyl groups is 1. The normalized spacial score (nSPS) is 14.3. The Morgan fingerprint density at radius 1 is 1.28 bits per heavy atom. The Bertz CT molecular complexity index is 743. The number of ether oxygens (including phenoxy) is 1. The molecule has 1 atom stereocenters. The third kappa shape index (κ3) is 11.1. The lowest BCUT2D eigenvalue weighted by atomic mass is 10.1. The van der Waals surface area contributed by atoms with Crippen molar-refractivity contribution in [3.8, 4) is 5.75 Å². The number of amides is 1. The molecule has 1 aliphatic rings. The van der Waals surface area contributed by atoms with Gasteiger partial charge in [0.1, 0.15) is 18.5 Å². The molecular weight excluding hydrogens is 400 g/mol. The standard InChI is InChI=1S/C15H22N2O3S.C4H4O4/c1-15(2,3)16-7-10(18)8-20-11-4-5-13-12(6-11)17-14(19)9-21-13;5-3(6)1-2-4(7)8/h4-6,10,16,18H,7-9H2,1-3H3,(H,17,19);1-2H,(H,5,6)(H,7,8)/b;2-1+. The number of hydrogen-bond acceptors (Lipinski definition) is 7. The Kier molecular flexibility index (Phi) is 9.66. The minimum Gasteiger partial charge on any atom is -0.491 e. The molecule has 1 aromatic carbocycles. The quantitative estimate of drug-likeness (QED) is 0.410. The van der Waals surface area contributed by atoms with Crippen LogP contribution >= 0.6 is 11.8 Å². The number of nitrogens with one attached hydrogen (secondary N) is 2. The number of carbonyl (C=O) groups excluding carboxylic acids is 1. The van der Waals surface area contributed by atoms with Crippen molar-refractivity contribution >= 4 is 35.3 Å². The third-order valence-electron chi connectivity index (χ3n) is 3.26. The van der Waals surface area contributed by atoms with Gasteiger partial charge in [0.2, 0.25) is 5.91 Å². The van der Waals surface area contributed by atoms with Crippen LogP contribution in [-0.2, 0) is 14.4 Å². The fourth-order valence-corrected chi connectivity index (χ4v) is 2.76. The molecule has 10 heteroatoms. The van der Waals surface area contributed by atoms with Crippen molar-refractivity contribution in [3.63, 3.8) is 0 Å². The van der Waals surface area contributed by atoms with Gasteiger partial charge in [-0.05, 0) is 32.9 Å². The number of hydrogen-bond donors (Lipinski definition) is 5. The average molecular weight is 426 g/mol. The molecule has 2 rings (SSSR count). The third-order valence-corrected chi connectivity index (χ3v) is 4.34. The van der Waals surface area contributed by atoms with Crippen LogP contribution in [0, 0.1) is 0 Å². The molecule has 160 valence electrons. The second kappa shape index (κ2) is 11.4. The van der Waals surface area contributed by atoms with Crippen LogP contribution in [0.1, 0.15) is 20.8 Å². The van der Waals surface area contributed by atoms with Crippen molar-refractivity contribution < 1.29 is 34.4 Å². The van der Waals surface area contributed by atoms with E-state index in [1.807, 2.05) is 32.9 Å². The Morgan fingerprint density at radius 2 is 1.90 bits per heavy atom. The van der Waals surface area contributed by atoms with Gasteiger partial charge in [0.25, 0.3) is 0 Å². The predicted octanol–water partition coefficient (Wildman–Crippen LogP) is 1.57. The van der Waals surface area contributed by atoms with Gasteiger partial charge in [-0.15, -0.1) is 11.8 Å². The van der Waals surface area contributed by atoms with Crippen LogP contribution in [0.2, 0.25) is 0 Å². The number of carboxylic acids is 2. The summed E-state index contributed by atoms with van der Waals surface area (Å²) in [7, 11) is 0. The summed E-state index contributed by atoms with van der Waals surface area (Å²) in [4.78, 5) is 31.5. The number of benzene rings is 1. The van der Waals surface area contributed by atoms with E-state index in [0.29, 0.717) is 30.2 Å². The fraction of sp³-hybridized carbons (Fsp3) is 0.421. The molecule has 5 N–H and O–H groups in total. The minimum atomic E-state index is -1.26. The van der Waals surface area contributed by atoms with E-state index in [9.17, 15) is 19.5 Å². The molecule has 0 saturated carbocycles. The van der Waals surface area contributed by atoms with Crippen LogP contribution in [-0.4, -0.2) is 63.7 Å². The molecule has 0 bridgehead atoms. The van der Waals surface area contributed by atoms with Gasteiger partial charge in [0.15, 0.2) is 0 Å². The smallest absolute Gasteiger partial charge is 0.328 e. The molecule has 0 fully saturated rings. The van der Waals surface area contributed by atoms with E-state index >= 15 is 0 Å². The van der Waals surface area contributed by atoms with E-state index in [0.717, 1.165) is 10.6 Å². The van der Waals surface area contributed by atoms with Crippen molar-refractivity contribution in [2.75, 3.05) is 24.2 Å². The molecule has 0 saturated heterocycles. The van der Waals surface area contributed by atoms with E-state index in [4.69, 9.17) is 14.9 Å². The Labute approximate surface area is 173 Å². The molecule has 0 aromatic heterocycles. The number of anilines is 1.